The molecule has 3 aromatic rings. The first kappa shape index (κ1) is 21.0. The van der Waals surface area contributed by atoms with Crippen molar-refractivity contribution in [2.75, 3.05) is 26.2 Å². The van der Waals surface area contributed by atoms with E-state index in [0.717, 1.165) is 48.8 Å². The Balaban J connectivity index is 1.21. The number of aromatic hydroxyl groups is 1. The van der Waals surface area contributed by atoms with Gasteiger partial charge < -0.3 is 10.4 Å². The van der Waals surface area contributed by atoms with Crippen LogP contribution in [0.25, 0.3) is 10.9 Å². The fraction of sp³-hybridized carbons (Fsp3) is 0.320. The molecular formula is C25H27N3O3. The second kappa shape index (κ2) is 9.71. The molecule has 6 heteroatoms. The SMILES string of the molecule is O=C(CN1CCC(C(=O)c2ccc(O)cc2)CC1)NCCc1cccc2cccnc12. The average Bonchev–Trinajstić information content (AvgIpc) is 2.80. The first-order valence-electron chi connectivity index (χ1n) is 10.7. The maximum Gasteiger partial charge on any atom is 0.234 e. The molecule has 1 saturated heterocycles. The molecule has 160 valence electrons. The minimum absolute atomic E-state index is 0.0107. The van der Waals surface area contributed by atoms with Crippen LogP contribution in [-0.4, -0.2) is 52.9 Å². The molecule has 0 atom stereocenters. The van der Waals surface area contributed by atoms with E-state index in [1.165, 1.54) is 0 Å². The Morgan fingerprint density at radius 1 is 1.03 bits per heavy atom. The number of Topliss-reactive ketones (excluding diaryl/α,β-unsaturated/α-hetero) is 1. The molecule has 1 aliphatic heterocycles. The van der Waals surface area contributed by atoms with E-state index in [-0.39, 0.29) is 23.4 Å². The Labute approximate surface area is 181 Å². The number of benzene rings is 2. The van der Waals surface area contributed by atoms with Gasteiger partial charge in [-0.15, -0.1) is 0 Å². The van der Waals surface area contributed by atoms with Crippen LogP contribution in [0.1, 0.15) is 28.8 Å². The molecule has 0 unspecified atom stereocenters. The van der Waals surface area contributed by atoms with Crippen molar-refractivity contribution in [1.82, 2.24) is 15.2 Å². The van der Waals surface area contributed by atoms with Crippen molar-refractivity contribution in [3.63, 3.8) is 0 Å². The van der Waals surface area contributed by atoms with Gasteiger partial charge in [-0.1, -0.05) is 24.3 Å². The summed E-state index contributed by atoms with van der Waals surface area (Å²) >= 11 is 0. The molecule has 6 nitrogen and oxygen atoms in total. The number of phenols is 1. The molecule has 1 fully saturated rings. The van der Waals surface area contributed by atoms with Gasteiger partial charge in [-0.3, -0.25) is 19.5 Å². The van der Waals surface area contributed by atoms with Gasteiger partial charge in [0.15, 0.2) is 5.78 Å². The van der Waals surface area contributed by atoms with E-state index < -0.39 is 0 Å². The number of ketones is 1. The number of fused-ring (bicyclic) bond motifs is 1. The minimum atomic E-state index is -0.0253. The maximum atomic E-state index is 12.6. The number of likely N-dealkylation sites (tertiary alicyclic amines) is 1. The highest BCUT2D eigenvalue weighted by Gasteiger charge is 2.26. The molecule has 4 rings (SSSR count). The van der Waals surface area contributed by atoms with E-state index >= 15 is 0 Å². The summed E-state index contributed by atoms with van der Waals surface area (Å²) in [5.41, 5.74) is 2.75. The van der Waals surface area contributed by atoms with Crippen molar-refractivity contribution in [2.24, 2.45) is 5.92 Å². The lowest BCUT2D eigenvalue weighted by atomic mass is 9.89. The molecule has 0 saturated carbocycles. The third-order valence-electron chi connectivity index (χ3n) is 5.91. The summed E-state index contributed by atoms with van der Waals surface area (Å²) in [5.74, 6) is 0.265. The molecule has 0 bridgehead atoms. The predicted molar refractivity (Wildman–Crippen MR) is 120 cm³/mol. The molecule has 1 aliphatic rings. The first-order valence-corrected chi connectivity index (χ1v) is 10.7. The second-order valence-corrected chi connectivity index (χ2v) is 8.05. The first-order chi connectivity index (χ1) is 15.1. The van der Waals surface area contributed by atoms with Crippen LogP contribution in [0, 0.1) is 5.92 Å². The van der Waals surface area contributed by atoms with Crippen LogP contribution in [-0.2, 0) is 11.2 Å². The highest BCUT2D eigenvalue weighted by atomic mass is 16.3. The number of aromatic nitrogens is 1. The lowest BCUT2D eigenvalue weighted by molar-refractivity contribution is -0.122. The molecular weight excluding hydrogens is 390 g/mol. The molecule has 2 heterocycles. The largest absolute Gasteiger partial charge is 0.508 e. The Kier molecular flexibility index (Phi) is 6.57. The number of nitrogens with one attached hydrogen (secondary N) is 1. The van der Waals surface area contributed by atoms with E-state index in [9.17, 15) is 14.7 Å². The number of phenolic OH excluding ortho intramolecular Hbond substituents is 1. The Morgan fingerprint density at radius 3 is 2.55 bits per heavy atom. The predicted octanol–water partition coefficient (Wildman–Crippen LogP) is 3.19. The lowest BCUT2D eigenvalue weighted by Gasteiger charge is -2.30. The second-order valence-electron chi connectivity index (χ2n) is 8.05. The van der Waals surface area contributed by atoms with Crippen LogP contribution < -0.4 is 5.32 Å². The zero-order valence-corrected chi connectivity index (χ0v) is 17.5. The van der Waals surface area contributed by atoms with Gasteiger partial charge in [0.25, 0.3) is 0 Å². The molecule has 1 aromatic heterocycles. The maximum absolute atomic E-state index is 12.6. The Bertz CT molecular complexity index is 1050. The van der Waals surface area contributed by atoms with Gasteiger partial charge in [0.05, 0.1) is 12.1 Å². The molecule has 31 heavy (non-hydrogen) atoms. The topological polar surface area (TPSA) is 82.5 Å². The van der Waals surface area contributed by atoms with Crippen molar-refractivity contribution in [1.29, 1.82) is 0 Å². The summed E-state index contributed by atoms with van der Waals surface area (Å²) in [6, 6.07) is 16.5. The number of hydrogen-bond donors (Lipinski definition) is 2. The fourth-order valence-corrected chi connectivity index (χ4v) is 4.18. The molecule has 0 aliphatic carbocycles. The van der Waals surface area contributed by atoms with Crippen molar-refractivity contribution >= 4 is 22.6 Å². The number of nitrogens with zero attached hydrogens (tertiary/aromatic N) is 2. The van der Waals surface area contributed by atoms with Gasteiger partial charge in [0.2, 0.25) is 5.91 Å². The molecule has 1 amide bonds. The zero-order valence-electron chi connectivity index (χ0n) is 17.5. The average molecular weight is 418 g/mol. The van der Waals surface area contributed by atoms with E-state index in [4.69, 9.17) is 0 Å². The smallest absolute Gasteiger partial charge is 0.234 e. The quantitative estimate of drug-likeness (QED) is 0.577. The number of pyridine rings is 1. The summed E-state index contributed by atoms with van der Waals surface area (Å²) in [7, 11) is 0. The van der Waals surface area contributed by atoms with Crippen molar-refractivity contribution in [3.8, 4) is 5.75 Å². The van der Waals surface area contributed by atoms with Crippen LogP contribution in [0.15, 0.2) is 60.8 Å². The highest BCUT2D eigenvalue weighted by molar-refractivity contribution is 5.98. The molecule has 0 spiro atoms. The summed E-state index contributed by atoms with van der Waals surface area (Å²) < 4.78 is 0. The van der Waals surface area contributed by atoms with Crippen LogP contribution in [0.3, 0.4) is 0 Å². The molecule has 2 N–H and O–H groups in total. The van der Waals surface area contributed by atoms with Gasteiger partial charge >= 0.3 is 0 Å². The number of rotatable bonds is 7. The summed E-state index contributed by atoms with van der Waals surface area (Å²) in [6.07, 6.45) is 4.02. The number of carbonyl (C=O) groups is 2. The van der Waals surface area contributed by atoms with Crippen molar-refractivity contribution in [2.45, 2.75) is 19.3 Å². The van der Waals surface area contributed by atoms with Gasteiger partial charge in [-0.05, 0) is 68.2 Å². The van der Waals surface area contributed by atoms with Gasteiger partial charge in [0, 0.05) is 29.6 Å². The van der Waals surface area contributed by atoms with Gasteiger partial charge in [-0.25, -0.2) is 0 Å². The van der Waals surface area contributed by atoms with Crippen molar-refractivity contribution < 1.29 is 14.7 Å². The Morgan fingerprint density at radius 2 is 1.77 bits per heavy atom. The van der Waals surface area contributed by atoms with Crippen molar-refractivity contribution in [3.05, 3.63) is 71.9 Å². The van der Waals surface area contributed by atoms with Crippen LogP contribution in [0.5, 0.6) is 5.75 Å². The number of amides is 1. The van der Waals surface area contributed by atoms with E-state index in [0.29, 0.717) is 18.7 Å². The van der Waals surface area contributed by atoms with Crippen LogP contribution in [0.2, 0.25) is 0 Å². The third kappa shape index (κ3) is 5.27. The van der Waals surface area contributed by atoms with E-state index in [2.05, 4.69) is 21.3 Å². The van der Waals surface area contributed by atoms with E-state index in [1.54, 1.807) is 30.5 Å². The van der Waals surface area contributed by atoms with Gasteiger partial charge in [-0.2, -0.15) is 0 Å². The highest BCUT2D eigenvalue weighted by Crippen LogP contribution is 2.23. The standard InChI is InChI=1S/C25H27N3O3/c29-22-8-6-20(7-9-22)25(31)21-11-15-28(16-12-21)17-23(30)26-14-10-19-4-1-3-18-5-2-13-27-24(18)19/h1-9,13,21,29H,10-12,14-17H2,(H,26,30). The lowest BCUT2D eigenvalue weighted by Crippen LogP contribution is -2.43. The summed E-state index contributed by atoms with van der Waals surface area (Å²) in [6.45, 7) is 2.39. The normalized spacial score (nSPS) is 15.1. The fourth-order valence-electron chi connectivity index (χ4n) is 4.18. The molecule has 2 aromatic carbocycles. The third-order valence-corrected chi connectivity index (χ3v) is 5.91. The number of hydrogen-bond acceptors (Lipinski definition) is 5. The van der Waals surface area contributed by atoms with E-state index in [1.807, 2.05) is 24.3 Å². The number of para-hydroxylation sites is 1. The minimum Gasteiger partial charge on any atom is -0.508 e. The summed E-state index contributed by atoms with van der Waals surface area (Å²) in [5, 5.41) is 13.5. The summed E-state index contributed by atoms with van der Waals surface area (Å²) in [4.78, 5) is 31.6. The van der Waals surface area contributed by atoms with Crippen LogP contribution in [0.4, 0.5) is 0 Å². The molecule has 0 radical (unpaired) electrons. The Hall–Kier alpha value is -3.25. The van der Waals surface area contributed by atoms with Gasteiger partial charge in [0.1, 0.15) is 5.75 Å². The van der Waals surface area contributed by atoms with Crippen LogP contribution >= 0.6 is 0 Å². The number of piperidine rings is 1. The number of carbonyl (C=O) groups excluding carboxylic acids is 2. The monoisotopic (exact) mass is 417 g/mol. The zero-order chi connectivity index (χ0) is 21.6.